The molecule has 3 rings (SSSR count). The van der Waals surface area contributed by atoms with Gasteiger partial charge in [-0.15, -0.1) is 0 Å². The summed E-state index contributed by atoms with van der Waals surface area (Å²) in [4.78, 5) is 0. The van der Waals surface area contributed by atoms with Crippen LogP contribution in [0.4, 0.5) is 0 Å². The standard InChI is InChI=1S/C12H20/c1-2-5-10(4-1)12(8-9-12)11-6-3-7-11/h10-11H,1-9H2. The second-order valence-corrected chi connectivity index (χ2v) is 5.34. The van der Waals surface area contributed by atoms with Gasteiger partial charge in [0.15, 0.2) is 0 Å². The molecule has 3 aliphatic carbocycles. The zero-order chi connectivity index (χ0) is 8.02. The third kappa shape index (κ3) is 0.900. The van der Waals surface area contributed by atoms with Crippen molar-refractivity contribution >= 4 is 0 Å². The highest BCUT2D eigenvalue weighted by Crippen LogP contribution is 2.65. The average molecular weight is 164 g/mol. The molecule has 3 aliphatic rings. The second-order valence-electron chi connectivity index (χ2n) is 5.34. The van der Waals surface area contributed by atoms with E-state index < -0.39 is 0 Å². The first-order valence-corrected chi connectivity index (χ1v) is 5.92. The lowest BCUT2D eigenvalue weighted by atomic mass is 9.67. The van der Waals surface area contributed by atoms with Gasteiger partial charge in [0, 0.05) is 0 Å². The molecule has 0 bridgehead atoms. The molecule has 0 aromatic heterocycles. The Kier molecular flexibility index (Phi) is 1.54. The quantitative estimate of drug-likeness (QED) is 0.583. The molecule has 0 heteroatoms. The van der Waals surface area contributed by atoms with Gasteiger partial charge in [-0.25, -0.2) is 0 Å². The molecule has 12 heavy (non-hydrogen) atoms. The normalized spacial score (nSPS) is 35.0. The molecular formula is C12H20. The van der Waals surface area contributed by atoms with Crippen molar-refractivity contribution in [3.8, 4) is 0 Å². The topological polar surface area (TPSA) is 0 Å². The van der Waals surface area contributed by atoms with Gasteiger partial charge in [-0.05, 0) is 55.8 Å². The molecule has 0 saturated heterocycles. The van der Waals surface area contributed by atoms with Gasteiger partial charge >= 0.3 is 0 Å². The van der Waals surface area contributed by atoms with E-state index in [0.717, 1.165) is 5.41 Å². The lowest BCUT2D eigenvalue weighted by Gasteiger charge is -2.38. The molecule has 0 nitrogen and oxygen atoms in total. The molecule has 0 atom stereocenters. The summed E-state index contributed by atoms with van der Waals surface area (Å²) in [5.41, 5.74) is 0.925. The van der Waals surface area contributed by atoms with E-state index in [4.69, 9.17) is 0 Å². The fourth-order valence-electron chi connectivity index (χ4n) is 3.78. The van der Waals surface area contributed by atoms with Crippen LogP contribution in [-0.2, 0) is 0 Å². The van der Waals surface area contributed by atoms with E-state index in [2.05, 4.69) is 0 Å². The maximum atomic E-state index is 1.60. The summed E-state index contributed by atoms with van der Waals surface area (Å²) in [6.45, 7) is 0. The summed E-state index contributed by atoms with van der Waals surface area (Å²) in [6, 6.07) is 0. The highest BCUT2D eigenvalue weighted by atomic mass is 14.6. The van der Waals surface area contributed by atoms with E-state index >= 15 is 0 Å². The predicted octanol–water partition coefficient (Wildman–Crippen LogP) is 3.76. The Morgan fingerprint density at radius 3 is 1.50 bits per heavy atom. The molecule has 0 amide bonds. The van der Waals surface area contributed by atoms with E-state index in [1.165, 1.54) is 11.8 Å². The second kappa shape index (κ2) is 2.49. The zero-order valence-electron chi connectivity index (χ0n) is 8.02. The first kappa shape index (κ1) is 7.41. The highest BCUT2D eigenvalue weighted by molar-refractivity contribution is 5.05. The number of hydrogen-bond donors (Lipinski definition) is 0. The van der Waals surface area contributed by atoms with Crippen LogP contribution in [0.2, 0.25) is 0 Å². The number of hydrogen-bond acceptors (Lipinski definition) is 0. The smallest absolute Gasteiger partial charge is 0.0240 e. The van der Waals surface area contributed by atoms with Crippen LogP contribution in [0.1, 0.15) is 57.8 Å². The zero-order valence-corrected chi connectivity index (χ0v) is 8.02. The third-order valence-electron chi connectivity index (χ3n) is 4.91. The predicted molar refractivity (Wildman–Crippen MR) is 51.0 cm³/mol. The summed E-state index contributed by atoms with van der Waals surface area (Å²) in [7, 11) is 0. The molecule has 0 aliphatic heterocycles. The maximum absolute atomic E-state index is 1.60. The van der Waals surface area contributed by atoms with Crippen LogP contribution in [0.5, 0.6) is 0 Å². The van der Waals surface area contributed by atoms with Crippen molar-refractivity contribution in [2.75, 3.05) is 0 Å². The van der Waals surface area contributed by atoms with Crippen LogP contribution in [0.15, 0.2) is 0 Å². The van der Waals surface area contributed by atoms with Crippen LogP contribution in [0.25, 0.3) is 0 Å². The first-order chi connectivity index (χ1) is 5.92. The first-order valence-electron chi connectivity index (χ1n) is 5.92. The van der Waals surface area contributed by atoms with Crippen molar-refractivity contribution in [2.24, 2.45) is 17.3 Å². The highest BCUT2D eigenvalue weighted by Gasteiger charge is 2.55. The molecule has 0 N–H and O–H groups in total. The minimum atomic E-state index is 0.925. The van der Waals surface area contributed by atoms with Crippen molar-refractivity contribution < 1.29 is 0 Å². The minimum absolute atomic E-state index is 0.925. The molecule has 0 radical (unpaired) electrons. The average Bonchev–Trinajstić information content (AvgIpc) is 2.61. The molecule has 3 saturated carbocycles. The van der Waals surface area contributed by atoms with Gasteiger partial charge in [0.25, 0.3) is 0 Å². The summed E-state index contributed by atoms with van der Waals surface area (Å²) in [5.74, 6) is 2.35. The van der Waals surface area contributed by atoms with Gasteiger partial charge in [0.05, 0.1) is 0 Å². The molecule has 3 fully saturated rings. The van der Waals surface area contributed by atoms with Gasteiger partial charge in [-0.2, -0.15) is 0 Å². The number of rotatable bonds is 2. The van der Waals surface area contributed by atoms with Crippen LogP contribution in [0, 0.1) is 17.3 Å². The van der Waals surface area contributed by atoms with Crippen molar-refractivity contribution in [2.45, 2.75) is 57.8 Å². The summed E-state index contributed by atoms with van der Waals surface area (Å²) in [5, 5.41) is 0. The molecule has 0 aromatic carbocycles. The molecule has 0 heterocycles. The van der Waals surface area contributed by atoms with Gasteiger partial charge in [0.2, 0.25) is 0 Å². The van der Waals surface area contributed by atoms with Gasteiger partial charge < -0.3 is 0 Å². The monoisotopic (exact) mass is 164 g/mol. The van der Waals surface area contributed by atoms with Crippen molar-refractivity contribution in [3.05, 3.63) is 0 Å². The molecule has 0 aromatic rings. The fraction of sp³-hybridized carbons (Fsp3) is 1.00. The van der Waals surface area contributed by atoms with Crippen LogP contribution in [-0.4, -0.2) is 0 Å². The largest absolute Gasteiger partial charge is 0.0530 e. The Balaban J connectivity index is 1.71. The van der Waals surface area contributed by atoms with E-state index in [1.807, 2.05) is 0 Å². The lowest BCUT2D eigenvalue weighted by molar-refractivity contribution is 0.122. The van der Waals surface area contributed by atoms with Crippen molar-refractivity contribution in [1.29, 1.82) is 0 Å². The van der Waals surface area contributed by atoms with E-state index in [0.29, 0.717) is 0 Å². The van der Waals surface area contributed by atoms with Gasteiger partial charge in [0.1, 0.15) is 0 Å². The lowest BCUT2D eigenvalue weighted by Crippen LogP contribution is -2.28. The Morgan fingerprint density at radius 2 is 1.17 bits per heavy atom. The Bertz CT molecular complexity index is 168. The van der Waals surface area contributed by atoms with E-state index in [1.54, 1.807) is 57.8 Å². The van der Waals surface area contributed by atoms with Crippen LogP contribution >= 0.6 is 0 Å². The van der Waals surface area contributed by atoms with Gasteiger partial charge in [-0.1, -0.05) is 19.3 Å². The van der Waals surface area contributed by atoms with Crippen LogP contribution in [0.3, 0.4) is 0 Å². The van der Waals surface area contributed by atoms with Gasteiger partial charge in [-0.3, -0.25) is 0 Å². The Labute approximate surface area is 75.7 Å². The molecule has 68 valence electrons. The summed E-state index contributed by atoms with van der Waals surface area (Å²) in [6.07, 6.45) is 14.1. The molecular weight excluding hydrogens is 144 g/mol. The summed E-state index contributed by atoms with van der Waals surface area (Å²) >= 11 is 0. The van der Waals surface area contributed by atoms with Crippen molar-refractivity contribution in [1.82, 2.24) is 0 Å². The molecule has 0 unspecified atom stereocenters. The fourth-order valence-corrected chi connectivity index (χ4v) is 3.78. The summed E-state index contributed by atoms with van der Waals surface area (Å²) < 4.78 is 0. The van der Waals surface area contributed by atoms with Crippen LogP contribution < -0.4 is 0 Å². The SMILES string of the molecule is C1CCC(C2(C3CCC3)CC2)C1. The maximum Gasteiger partial charge on any atom is -0.0240 e. The Morgan fingerprint density at radius 1 is 0.667 bits per heavy atom. The van der Waals surface area contributed by atoms with E-state index in [-0.39, 0.29) is 0 Å². The van der Waals surface area contributed by atoms with Crippen molar-refractivity contribution in [3.63, 3.8) is 0 Å². The Hall–Kier alpha value is 0. The third-order valence-corrected chi connectivity index (χ3v) is 4.91. The van der Waals surface area contributed by atoms with E-state index in [9.17, 15) is 0 Å². The minimum Gasteiger partial charge on any atom is -0.0530 e. The molecule has 0 spiro atoms.